The van der Waals surface area contributed by atoms with E-state index < -0.39 is 15.8 Å². The lowest BCUT2D eigenvalue weighted by Crippen LogP contribution is -2.18. The van der Waals surface area contributed by atoms with Crippen LogP contribution < -0.4 is 10.1 Å². The second-order valence-corrected chi connectivity index (χ2v) is 5.79. The maximum absolute atomic E-state index is 13.6. The average molecular weight is 344 g/mol. The maximum Gasteiger partial charge on any atom is 0.287 e. The molecule has 1 aromatic rings. The lowest BCUT2D eigenvalue weighted by molar-refractivity contribution is 0.387. The molecule has 0 unspecified atom stereocenters. The third-order valence-corrected chi connectivity index (χ3v) is 4.24. The molecule has 0 fully saturated rings. The van der Waals surface area contributed by atoms with E-state index in [0.717, 1.165) is 6.07 Å². The molecule has 92 valence electrons. The number of hydrogen-bond donors (Lipinski definition) is 1. The molecule has 0 saturated heterocycles. The number of anilines is 1. The number of benzene rings is 1. The quantitative estimate of drug-likeness (QED) is 0.795. The highest BCUT2D eigenvalue weighted by Crippen LogP contribution is 2.41. The van der Waals surface area contributed by atoms with E-state index in [9.17, 15) is 12.8 Å². The normalized spacial score (nSPS) is 16.8. The Labute approximate surface area is 110 Å². The fraction of sp³-hybridized carbons (Fsp3) is 0.125. The summed E-state index contributed by atoms with van der Waals surface area (Å²) in [4.78, 5) is -0.232. The summed E-state index contributed by atoms with van der Waals surface area (Å²) in [6.45, 7) is 0. The molecule has 1 aromatic carbocycles. The van der Waals surface area contributed by atoms with Crippen LogP contribution in [-0.4, -0.2) is 20.3 Å². The minimum atomic E-state index is -3.92. The lowest BCUT2D eigenvalue weighted by atomic mass is 10.2. The van der Waals surface area contributed by atoms with Gasteiger partial charge < -0.3 is 10.1 Å². The molecule has 0 amide bonds. The molecule has 1 heterocycles. The van der Waals surface area contributed by atoms with Crippen molar-refractivity contribution < 1.29 is 17.5 Å². The fourth-order valence-electron chi connectivity index (χ4n) is 1.37. The second-order valence-electron chi connectivity index (χ2n) is 3.06. The summed E-state index contributed by atoms with van der Waals surface area (Å²) in [6, 6.07) is 0.986. The number of fused-ring (bicyclic) bond motifs is 1. The summed E-state index contributed by atoms with van der Waals surface area (Å²) in [6.07, 6.45) is 0. The summed E-state index contributed by atoms with van der Waals surface area (Å²) < 4.78 is 45.2. The number of rotatable bonds is 1. The zero-order valence-corrected chi connectivity index (χ0v) is 11.4. The molecule has 0 atom stereocenters. The Balaban J connectivity index is 2.84. The highest BCUT2D eigenvalue weighted by atomic mass is 79.9. The van der Waals surface area contributed by atoms with Crippen LogP contribution >= 0.6 is 27.5 Å². The van der Waals surface area contributed by atoms with E-state index >= 15 is 0 Å². The molecule has 5 nitrogen and oxygen atoms in total. The number of ether oxygens (including phenoxy) is 1. The van der Waals surface area contributed by atoms with E-state index in [1.807, 2.05) is 0 Å². The van der Waals surface area contributed by atoms with E-state index in [0.29, 0.717) is 0 Å². The van der Waals surface area contributed by atoms with Crippen LogP contribution in [0.25, 0.3) is 0 Å². The maximum atomic E-state index is 13.6. The molecular formula is C8H5BrClFN2O3S. The first-order chi connectivity index (χ1) is 7.86. The van der Waals surface area contributed by atoms with Crippen molar-refractivity contribution in [3.63, 3.8) is 0 Å². The Morgan fingerprint density at radius 3 is 2.82 bits per heavy atom. The van der Waals surface area contributed by atoms with Crippen LogP contribution in [0.4, 0.5) is 10.1 Å². The molecule has 9 heteroatoms. The number of amidine groups is 1. The number of hydrogen-bond acceptors (Lipinski definition) is 4. The van der Waals surface area contributed by atoms with Gasteiger partial charge in [0, 0.05) is 0 Å². The van der Waals surface area contributed by atoms with Crippen molar-refractivity contribution in [2.45, 2.75) is 4.90 Å². The van der Waals surface area contributed by atoms with Crippen molar-refractivity contribution >= 4 is 48.0 Å². The van der Waals surface area contributed by atoms with Crippen molar-refractivity contribution in [3.05, 3.63) is 16.9 Å². The van der Waals surface area contributed by atoms with Gasteiger partial charge in [-0.25, -0.2) is 4.39 Å². The Morgan fingerprint density at radius 1 is 1.59 bits per heavy atom. The largest absolute Gasteiger partial charge is 0.491 e. The first kappa shape index (κ1) is 12.6. The Kier molecular flexibility index (Phi) is 3.04. The third-order valence-electron chi connectivity index (χ3n) is 2.05. The van der Waals surface area contributed by atoms with Crippen molar-refractivity contribution in [3.8, 4) is 5.75 Å². The van der Waals surface area contributed by atoms with Gasteiger partial charge in [0.05, 0.1) is 12.1 Å². The number of methoxy groups -OCH3 is 1. The summed E-state index contributed by atoms with van der Waals surface area (Å²) in [5.74, 6) is -1.11. The van der Waals surface area contributed by atoms with Gasteiger partial charge in [-0.15, -0.1) is 4.40 Å². The highest BCUT2D eigenvalue weighted by Gasteiger charge is 2.30. The SMILES string of the molecule is COc1c(F)c(Cl)cc2c1NC(Br)=NS2(=O)=O. The molecule has 0 radical (unpaired) electrons. The molecule has 0 aliphatic carbocycles. The van der Waals surface area contributed by atoms with Gasteiger partial charge >= 0.3 is 0 Å². The average Bonchev–Trinajstić information content (AvgIpc) is 2.21. The molecule has 1 aliphatic heterocycles. The predicted molar refractivity (Wildman–Crippen MR) is 65.1 cm³/mol. The van der Waals surface area contributed by atoms with E-state index in [-0.39, 0.29) is 26.1 Å². The predicted octanol–water partition coefficient (Wildman–Crippen LogP) is 2.35. The van der Waals surface area contributed by atoms with Gasteiger partial charge in [0.1, 0.15) is 10.6 Å². The van der Waals surface area contributed by atoms with E-state index in [1.165, 1.54) is 7.11 Å². The molecule has 0 saturated carbocycles. The number of halogens is 3. The first-order valence-corrected chi connectivity index (χ1v) is 6.81. The van der Waals surface area contributed by atoms with Crippen molar-refractivity contribution in [1.82, 2.24) is 0 Å². The van der Waals surface area contributed by atoms with Crippen LogP contribution in [0.15, 0.2) is 15.4 Å². The van der Waals surface area contributed by atoms with E-state index in [4.69, 9.17) is 16.3 Å². The molecule has 1 N–H and O–H groups in total. The van der Waals surface area contributed by atoms with Crippen LogP contribution in [0.5, 0.6) is 5.75 Å². The van der Waals surface area contributed by atoms with Crippen molar-refractivity contribution in [2.24, 2.45) is 4.40 Å². The summed E-state index contributed by atoms with van der Waals surface area (Å²) >= 11 is 8.47. The van der Waals surface area contributed by atoms with Crippen LogP contribution in [0.1, 0.15) is 0 Å². The van der Waals surface area contributed by atoms with Crippen LogP contribution in [0, 0.1) is 5.82 Å². The number of nitrogens with one attached hydrogen (secondary N) is 1. The van der Waals surface area contributed by atoms with Gasteiger partial charge in [-0.2, -0.15) is 8.42 Å². The molecule has 0 spiro atoms. The molecule has 0 aromatic heterocycles. The lowest BCUT2D eigenvalue weighted by Gasteiger charge is -2.18. The number of sulfonamides is 1. The molecule has 17 heavy (non-hydrogen) atoms. The first-order valence-electron chi connectivity index (χ1n) is 4.20. The smallest absolute Gasteiger partial charge is 0.287 e. The van der Waals surface area contributed by atoms with E-state index in [1.54, 1.807) is 0 Å². The Bertz CT molecular complexity index is 632. The zero-order chi connectivity index (χ0) is 12.8. The number of nitrogens with zero attached hydrogens (tertiary/aromatic N) is 1. The topological polar surface area (TPSA) is 67.8 Å². The second kappa shape index (κ2) is 4.11. The van der Waals surface area contributed by atoms with Gasteiger partial charge in [0.15, 0.2) is 16.3 Å². The van der Waals surface area contributed by atoms with E-state index in [2.05, 4.69) is 25.6 Å². The monoisotopic (exact) mass is 342 g/mol. The van der Waals surface area contributed by atoms with Gasteiger partial charge in [-0.05, 0) is 22.0 Å². The van der Waals surface area contributed by atoms with Crippen LogP contribution in [0.2, 0.25) is 5.02 Å². The molecule has 1 aliphatic rings. The molecular weight excluding hydrogens is 339 g/mol. The van der Waals surface area contributed by atoms with Gasteiger partial charge in [0.25, 0.3) is 10.0 Å². The third kappa shape index (κ3) is 2.00. The van der Waals surface area contributed by atoms with Gasteiger partial charge in [0.2, 0.25) is 0 Å². The fourth-order valence-corrected chi connectivity index (χ4v) is 3.43. The van der Waals surface area contributed by atoms with Gasteiger partial charge in [-0.3, -0.25) is 0 Å². The minimum absolute atomic E-state index is 0.0312. The summed E-state index contributed by atoms with van der Waals surface area (Å²) in [5, 5.41) is 2.22. The highest BCUT2D eigenvalue weighted by molar-refractivity contribution is 9.18. The van der Waals surface area contributed by atoms with Crippen molar-refractivity contribution in [2.75, 3.05) is 12.4 Å². The van der Waals surface area contributed by atoms with Crippen LogP contribution in [-0.2, 0) is 10.0 Å². The summed E-state index contributed by atoms with van der Waals surface area (Å²) in [7, 11) is -2.70. The minimum Gasteiger partial charge on any atom is -0.491 e. The molecule has 0 bridgehead atoms. The Morgan fingerprint density at radius 2 is 2.24 bits per heavy atom. The summed E-state index contributed by atoms with van der Waals surface area (Å²) in [5.41, 5.74) is -0.0312. The van der Waals surface area contributed by atoms with Crippen LogP contribution in [0.3, 0.4) is 0 Å². The Hall–Kier alpha value is -0.860. The van der Waals surface area contributed by atoms with Gasteiger partial charge in [-0.1, -0.05) is 11.6 Å². The van der Waals surface area contributed by atoms with Crippen molar-refractivity contribution in [1.29, 1.82) is 0 Å². The molecule has 2 rings (SSSR count). The zero-order valence-electron chi connectivity index (χ0n) is 8.29. The standard InChI is InChI=1S/C8H5BrClFN2O3S/c1-16-7-5(11)3(10)2-4-6(7)12-8(9)13-17(4,14)15/h2H,1H3,(H,12,13).